The number of amides is 3. The zero-order chi connectivity index (χ0) is 20.5. The fourth-order valence-electron chi connectivity index (χ4n) is 4.52. The minimum Gasteiger partial charge on any atom is -0.355 e. The number of nitrogens with zero attached hydrogens (tertiary/aromatic N) is 5. The van der Waals surface area contributed by atoms with Crippen molar-refractivity contribution in [1.29, 1.82) is 0 Å². The molecule has 29 heavy (non-hydrogen) atoms. The second kappa shape index (κ2) is 7.81. The van der Waals surface area contributed by atoms with E-state index in [2.05, 4.69) is 15.4 Å². The van der Waals surface area contributed by atoms with E-state index in [0.29, 0.717) is 30.8 Å². The lowest BCUT2D eigenvalue weighted by Crippen LogP contribution is -2.49. The molecule has 2 fully saturated rings. The predicted molar refractivity (Wildman–Crippen MR) is 105 cm³/mol. The van der Waals surface area contributed by atoms with E-state index in [4.69, 9.17) is 0 Å². The number of fused-ring (bicyclic) bond motifs is 1. The van der Waals surface area contributed by atoms with Crippen LogP contribution in [0.3, 0.4) is 0 Å². The third-order valence-corrected chi connectivity index (χ3v) is 6.07. The molecule has 2 saturated heterocycles. The van der Waals surface area contributed by atoms with Gasteiger partial charge in [-0.1, -0.05) is 0 Å². The Labute approximate surface area is 169 Å². The van der Waals surface area contributed by atoms with Crippen LogP contribution in [0.1, 0.15) is 54.6 Å². The first-order valence-electron chi connectivity index (χ1n) is 10.1. The van der Waals surface area contributed by atoms with Crippen LogP contribution in [-0.2, 0) is 9.59 Å². The molecule has 2 aromatic heterocycles. The second-order valence-electron chi connectivity index (χ2n) is 7.71. The predicted octanol–water partition coefficient (Wildman–Crippen LogP) is 0.806. The molecule has 4 heterocycles. The van der Waals surface area contributed by atoms with Crippen molar-refractivity contribution in [3.63, 3.8) is 0 Å². The Morgan fingerprint density at radius 1 is 1.14 bits per heavy atom. The highest BCUT2D eigenvalue weighted by Gasteiger charge is 2.36. The Bertz CT molecular complexity index is 947. The molecule has 9 nitrogen and oxygen atoms in total. The Morgan fingerprint density at radius 2 is 1.90 bits per heavy atom. The van der Waals surface area contributed by atoms with Gasteiger partial charge in [-0.25, -0.2) is 9.50 Å². The number of carbonyl (C=O) groups is 3. The summed E-state index contributed by atoms with van der Waals surface area (Å²) in [6.45, 7) is 3.51. The van der Waals surface area contributed by atoms with Crippen LogP contribution < -0.4 is 5.32 Å². The molecular formula is C20H26N6O3. The maximum absolute atomic E-state index is 12.9. The third-order valence-electron chi connectivity index (χ3n) is 6.07. The first kappa shape index (κ1) is 19.4. The Hall–Kier alpha value is -2.97. The van der Waals surface area contributed by atoms with Crippen molar-refractivity contribution >= 4 is 23.4 Å². The van der Waals surface area contributed by atoms with Crippen LogP contribution in [0.25, 0.3) is 5.65 Å². The molecule has 154 valence electrons. The fourth-order valence-corrected chi connectivity index (χ4v) is 4.52. The van der Waals surface area contributed by atoms with Gasteiger partial charge in [0.25, 0.3) is 5.91 Å². The molecule has 1 atom stereocenters. The summed E-state index contributed by atoms with van der Waals surface area (Å²) in [4.78, 5) is 44.7. The SMILES string of the molecule is CNC(=O)c1cnn2c(C3CCN(C(=O)C4CCCN4C(C)=O)CC3)ccnc12. The van der Waals surface area contributed by atoms with Crippen molar-refractivity contribution in [2.45, 2.75) is 44.6 Å². The summed E-state index contributed by atoms with van der Waals surface area (Å²) >= 11 is 0. The normalized spacial score (nSPS) is 20.3. The molecule has 2 aliphatic heterocycles. The zero-order valence-corrected chi connectivity index (χ0v) is 16.8. The number of rotatable bonds is 3. The first-order chi connectivity index (χ1) is 14.0. The summed E-state index contributed by atoms with van der Waals surface area (Å²) in [6.07, 6.45) is 6.51. The molecule has 3 amide bonds. The van der Waals surface area contributed by atoms with E-state index in [1.54, 1.807) is 28.9 Å². The Balaban J connectivity index is 1.47. The quantitative estimate of drug-likeness (QED) is 0.825. The van der Waals surface area contributed by atoms with Gasteiger partial charge in [-0.3, -0.25) is 14.4 Å². The standard InChI is InChI=1S/C20H26N6O3/c1-13(27)25-9-3-4-17(25)20(29)24-10-6-14(7-11-24)16-5-8-22-18-15(19(28)21-2)12-23-26(16)18/h5,8,12,14,17H,3-4,6-7,9-11H2,1-2H3,(H,21,28). The smallest absolute Gasteiger partial charge is 0.256 e. The highest BCUT2D eigenvalue weighted by Crippen LogP contribution is 2.30. The van der Waals surface area contributed by atoms with Gasteiger partial charge in [0.1, 0.15) is 11.6 Å². The number of piperidine rings is 1. The topological polar surface area (TPSA) is 99.9 Å². The summed E-state index contributed by atoms with van der Waals surface area (Å²) in [6, 6.07) is 1.63. The number of hydrogen-bond donors (Lipinski definition) is 1. The maximum atomic E-state index is 12.9. The first-order valence-corrected chi connectivity index (χ1v) is 10.1. The van der Waals surface area contributed by atoms with Gasteiger partial charge in [0.2, 0.25) is 11.8 Å². The number of hydrogen-bond acceptors (Lipinski definition) is 5. The van der Waals surface area contributed by atoms with Crippen LogP contribution >= 0.6 is 0 Å². The van der Waals surface area contributed by atoms with E-state index >= 15 is 0 Å². The van der Waals surface area contributed by atoms with Crippen LogP contribution in [0.5, 0.6) is 0 Å². The lowest BCUT2D eigenvalue weighted by atomic mass is 9.92. The molecule has 1 N–H and O–H groups in total. The third kappa shape index (κ3) is 3.45. The average molecular weight is 398 g/mol. The van der Waals surface area contributed by atoms with Gasteiger partial charge in [0, 0.05) is 51.4 Å². The van der Waals surface area contributed by atoms with Crippen LogP contribution in [-0.4, -0.2) is 74.8 Å². The van der Waals surface area contributed by atoms with Gasteiger partial charge in [-0.15, -0.1) is 0 Å². The molecule has 0 aliphatic carbocycles. The van der Waals surface area contributed by atoms with Gasteiger partial charge < -0.3 is 15.1 Å². The molecule has 0 radical (unpaired) electrons. The van der Waals surface area contributed by atoms with E-state index in [0.717, 1.165) is 31.4 Å². The lowest BCUT2D eigenvalue weighted by Gasteiger charge is -2.35. The minimum absolute atomic E-state index is 0.0273. The van der Waals surface area contributed by atoms with Crippen molar-refractivity contribution in [3.05, 3.63) is 29.7 Å². The summed E-state index contributed by atoms with van der Waals surface area (Å²) in [5, 5.41) is 6.99. The number of carbonyl (C=O) groups excluding carboxylic acids is 3. The van der Waals surface area contributed by atoms with Crippen molar-refractivity contribution in [2.24, 2.45) is 0 Å². The molecule has 2 aromatic rings. The molecule has 9 heteroatoms. The van der Waals surface area contributed by atoms with Crippen LogP contribution in [0.2, 0.25) is 0 Å². The van der Waals surface area contributed by atoms with Gasteiger partial charge >= 0.3 is 0 Å². The molecular weight excluding hydrogens is 372 g/mol. The van der Waals surface area contributed by atoms with Crippen molar-refractivity contribution in [1.82, 2.24) is 29.7 Å². The minimum atomic E-state index is -0.307. The van der Waals surface area contributed by atoms with Crippen molar-refractivity contribution in [3.8, 4) is 0 Å². The van der Waals surface area contributed by atoms with Gasteiger partial charge in [-0.2, -0.15) is 5.10 Å². The van der Waals surface area contributed by atoms with E-state index in [1.165, 1.54) is 6.92 Å². The number of aromatic nitrogens is 3. The monoisotopic (exact) mass is 398 g/mol. The Morgan fingerprint density at radius 3 is 2.59 bits per heavy atom. The van der Waals surface area contributed by atoms with Gasteiger partial charge in [0.05, 0.1) is 6.20 Å². The molecule has 0 saturated carbocycles. The molecule has 1 unspecified atom stereocenters. The average Bonchev–Trinajstić information content (AvgIpc) is 3.40. The van der Waals surface area contributed by atoms with E-state index in [-0.39, 0.29) is 29.7 Å². The lowest BCUT2D eigenvalue weighted by molar-refractivity contribution is -0.143. The van der Waals surface area contributed by atoms with Gasteiger partial charge in [-0.05, 0) is 31.7 Å². The number of nitrogens with one attached hydrogen (secondary N) is 1. The molecule has 2 aliphatic rings. The van der Waals surface area contributed by atoms with E-state index < -0.39 is 0 Å². The molecule has 0 aromatic carbocycles. The summed E-state index contributed by atoms with van der Waals surface area (Å²) in [5.74, 6) is 0.0589. The van der Waals surface area contributed by atoms with Gasteiger partial charge in [0.15, 0.2) is 5.65 Å². The maximum Gasteiger partial charge on any atom is 0.256 e. The summed E-state index contributed by atoms with van der Waals surface area (Å²) in [5.41, 5.74) is 2.00. The van der Waals surface area contributed by atoms with E-state index in [9.17, 15) is 14.4 Å². The molecule has 0 spiro atoms. The van der Waals surface area contributed by atoms with Crippen LogP contribution in [0, 0.1) is 0 Å². The van der Waals surface area contributed by atoms with Crippen molar-refractivity contribution < 1.29 is 14.4 Å². The van der Waals surface area contributed by atoms with Crippen LogP contribution in [0.15, 0.2) is 18.5 Å². The molecule has 0 bridgehead atoms. The molecule has 4 rings (SSSR count). The Kier molecular flexibility index (Phi) is 5.21. The largest absolute Gasteiger partial charge is 0.355 e. The zero-order valence-electron chi connectivity index (χ0n) is 16.8. The van der Waals surface area contributed by atoms with E-state index in [1.807, 2.05) is 11.0 Å². The van der Waals surface area contributed by atoms with Crippen molar-refractivity contribution in [2.75, 3.05) is 26.7 Å². The second-order valence-corrected chi connectivity index (χ2v) is 7.71. The highest BCUT2D eigenvalue weighted by atomic mass is 16.2. The highest BCUT2D eigenvalue weighted by molar-refractivity contribution is 5.99. The van der Waals surface area contributed by atoms with Crippen LogP contribution in [0.4, 0.5) is 0 Å². The fraction of sp³-hybridized carbons (Fsp3) is 0.550. The number of likely N-dealkylation sites (tertiary alicyclic amines) is 2. The summed E-state index contributed by atoms with van der Waals surface area (Å²) in [7, 11) is 1.58. The summed E-state index contributed by atoms with van der Waals surface area (Å²) < 4.78 is 1.74.